The molecule has 19 heavy (non-hydrogen) atoms. The Kier molecular flexibility index (Phi) is 4.45. The molecule has 108 valence electrons. The third kappa shape index (κ3) is 3.69. The molecule has 0 spiro atoms. The summed E-state index contributed by atoms with van der Waals surface area (Å²) in [6.45, 7) is 1.10. The zero-order valence-corrected chi connectivity index (χ0v) is 11.3. The fourth-order valence-corrected chi connectivity index (χ4v) is 3.48. The van der Waals surface area contributed by atoms with Crippen LogP contribution in [-0.2, 0) is 9.59 Å². The third-order valence-electron chi connectivity index (χ3n) is 4.47. The molecule has 5 nitrogen and oxygen atoms in total. The van der Waals surface area contributed by atoms with Gasteiger partial charge in [0.15, 0.2) is 0 Å². The Labute approximate surface area is 113 Å². The smallest absolute Gasteiger partial charge is 0.303 e. The number of carboxylic acids is 1. The molecule has 2 aliphatic rings. The van der Waals surface area contributed by atoms with Gasteiger partial charge in [0, 0.05) is 19.5 Å². The predicted molar refractivity (Wildman–Crippen MR) is 69.6 cm³/mol. The molecule has 2 fully saturated rings. The average Bonchev–Trinajstić information content (AvgIpc) is 2.76. The van der Waals surface area contributed by atoms with E-state index in [2.05, 4.69) is 0 Å². The summed E-state index contributed by atoms with van der Waals surface area (Å²) < 4.78 is 0. The number of rotatable bonds is 4. The van der Waals surface area contributed by atoms with Gasteiger partial charge in [-0.15, -0.1) is 0 Å². The van der Waals surface area contributed by atoms with E-state index in [0.717, 1.165) is 38.5 Å². The van der Waals surface area contributed by atoms with Gasteiger partial charge in [-0.2, -0.15) is 0 Å². The van der Waals surface area contributed by atoms with Crippen molar-refractivity contribution in [1.29, 1.82) is 0 Å². The number of carbonyl (C=O) groups excluding carboxylic acids is 1. The maximum Gasteiger partial charge on any atom is 0.303 e. The van der Waals surface area contributed by atoms with E-state index in [0.29, 0.717) is 19.5 Å². The molecule has 2 rings (SSSR count). The lowest BCUT2D eigenvalue weighted by Gasteiger charge is -2.34. The summed E-state index contributed by atoms with van der Waals surface area (Å²) in [5, 5.41) is 18.7. The largest absolute Gasteiger partial charge is 0.481 e. The van der Waals surface area contributed by atoms with Crippen molar-refractivity contribution in [3.05, 3.63) is 0 Å². The molecular weight excluding hydrogens is 246 g/mol. The van der Waals surface area contributed by atoms with Crippen LogP contribution in [-0.4, -0.2) is 46.2 Å². The van der Waals surface area contributed by atoms with Crippen LogP contribution in [0.2, 0.25) is 0 Å². The van der Waals surface area contributed by atoms with Gasteiger partial charge in [0.05, 0.1) is 12.5 Å². The zero-order chi connectivity index (χ0) is 13.9. The minimum Gasteiger partial charge on any atom is -0.481 e. The Morgan fingerprint density at radius 1 is 1.16 bits per heavy atom. The van der Waals surface area contributed by atoms with E-state index in [1.54, 1.807) is 4.90 Å². The van der Waals surface area contributed by atoms with E-state index in [-0.39, 0.29) is 17.7 Å². The first-order valence-electron chi connectivity index (χ1n) is 7.18. The molecule has 1 saturated carbocycles. The fraction of sp³-hybridized carbons (Fsp3) is 0.857. The number of aliphatic carboxylic acids is 1. The number of β-amino-alcohol motifs (C(OH)–C–C–N with tert-alkyl or cyclic N) is 1. The van der Waals surface area contributed by atoms with Crippen molar-refractivity contribution in [3.63, 3.8) is 0 Å². The highest BCUT2D eigenvalue weighted by atomic mass is 16.4. The molecule has 1 heterocycles. The van der Waals surface area contributed by atoms with Crippen LogP contribution in [0.25, 0.3) is 0 Å². The van der Waals surface area contributed by atoms with E-state index in [1.165, 1.54) is 0 Å². The summed E-state index contributed by atoms with van der Waals surface area (Å²) in [4.78, 5) is 25.0. The van der Waals surface area contributed by atoms with E-state index in [4.69, 9.17) is 5.11 Å². The molecule has 0 aromatic carbocycles. The number of piperidine rings is 1. The number of carboxylic acid groups (broad SMARTS) is 1. The van der Waals surface area contributed by atoms with Crippen molar-refractivity contribution in [2.24, 2.45) is 5.41 Å². The second-order valence-electron chi connectivity index (χ2n) is 6.09. The van der Waals surface area contributed by atoms with Crippen LogP contribution in [0.15, 0.2) is 0 Å². The molecule has 1 unspecified atom stereocenters. The summed E-state index contributed by atoms with van der Waals surface area (Å²) in [6, 6.07) is 0. The molecule has 0 aromatic rings. The summed E-state index contributed by atoms with van der Waals surface area (Å²) in [7, 11) is 0. The van der Waals surface area contributed by atoms with Gasteiger partial charge >= 0.3 is 5.97 Å². The summed E-state index contributed by atoms with van der Waals surface area (Å²) in [6.07, 6.45) is 5.29. The van der Waals surface area contributed by atoms with Gasteiger partial charge in [0.2, 0.25) is 5.91 Å². The van der Waals surface area contributed by atoms with Gasteiger partial charge in [0.25, 0.3) is 0 Å². The number of hydrogen-bond donors (Lipinski definition) is 2. The molecule has 1 aliphatic carbocycles. The van der Waals surface area contributed by atoms with Crippen LogP contribution < -0.4 is 0 Å². The standard InChI is InChI=1S/C14H23NO4/c16-11-4-3-7-15(10-11)12(17)8-14(9-13(18)19)5-1-2-6-14/h11,16H,1-10H2,(H,18,19). The van der Waals surface area contributed by atoms with Gasteiger partial charge in [-0.1, -0.05) is 12.8 Å². The van der Waals surface area contributed by atoms with Gasteiger partial charge in [-0.05, 0) is 31.1 Å². The first-order chi connectivity index (χ1) is 9.01. The van der Waals surface area contributed by atoms with E-state index < -0.39 is 12.1 Å². The zero-order valence-electron chi connectivity index (χ0n) is 11.3. The lowest BCUT2D eigenvalue weighted by molar-refractivity contribution is -0.142. The van der Waals surface area contributed by atoms with Crippen molar-refractivity contribution >= 4 is 11.9 Å². The van der Waals surface area contributed by atoms with Crippen LogP contribution in [0.1, 0.15) is 51.4 Å². The minimum atomic E-state index is -0.812. The normalized spacial score (nSPS) is 26.4. The quantitative estimate of drug-likeness (QED) is 0.808. The van der Waals surface area contributed by atoms with E-state index in [1.807, 2.05) is 0 Å². The van der Waals surface area contributed by atoms with Crippen LogP contribution in [0.5, 0.6) is 0 Å². The second-order valence-corrected chi connectivity index (χ2v) is 6.09. The van der Waals surface area contributed by atoms with E-state index >= 15 is 0 Å². The molecule has 0 bridgehead atoms. The molecular formula is C14H23NO4. The maximum absolute atomic E-state index is 12.3. The number of nitrogens with zero attached hydrogens (tertiary/aromatic N) is 1. The monoisotopic (exact) mass is 269 g/mol. The lowest BCUT2D eigenvalue weighted by Crippen LogP contribution is -2.44. The van der Waals surface area contributed by atoms with Crippen molar-refractivity contribution in [1.82, 2.24) is 4.90 Å². The average molecular weight is 269 g/mol. The third-order valence-corrected chi connectivity index (χ3v) is 4.47. The van der Waals surface area contributed by atoms with Gasteiger partial charge in [0.1, 0.15) is 0 Å². The first kappa shape index (κ1) is 14.3. The van der Waals surface area contributed by atoms with Crippen LogP contribution >= 0.6 is 0 Å². The highest BCUT2D eigenvalue weighted by Crippen LogP contribution is 2.44. The Hall–Kier alpha value is -1.10. The van der Waals surface area contributed by atoms with Crippen molar-refractivity contribution in [2.75, 3.05) is 13.1 Å². The SMILES string of the molecule is O=C(O)CC1(CC(=O)N2CCCC(O)C2)CCCC1. The summed E-state index contributed by atoms with van der Waals surface area (Å²) in [5.74, 6) is -0.796. The maximum atomic E-state index is 12.3. The predicted octanol–water partition coefficient (Wildman–Crippen LogP) is 1.39. The van der Waals surface area contributed by atoms with Gasteiger partial charge in [-0.3, -0.25) is 9.59 Å². The molecule has 1 atom stereocenters. The molecule has 1 saturated heterocycles. The number of aliphatic hydroxyl groups excluding tert-OH is 1. The van der Waals surface area contributed by atoms with Crippen LogP contribution in [0, 0.1) is 5.41 Å². The van der Waals surface area contributed by atoms with Crippen molar-refractivity contribution in [3.8, 4) is 0 Å². The number of carbonyl (C=O) groups is 2. The molecule has 2 N–H and O–H groups in total. The summed E-state index contributed by atoms with van der Waals surface area (Å²) >= 11 is 0. The second kappa shape index (κ2) is 5.90. The highest BCUT2D eigenvalue weighted by molar-refractivity contribution is 5.78. The lowest BCUT2D eigenvalue weighted by atomic mass is 9.79. The summed E-state index contributed by atoms with van der Waals surface area (Å²) in [5.41, 5.74) is -0.342. The molecule has 0 aromatic heterocycles. The minimum absolute atomic E-state index is 0.0156. The van der Waals surface area contributed by atoms with Crippen LogP contribution in [0.3, 0.4) is 0 Å². The topological polar surface area (TPSA) is 77.8 Å². The Morgan fingerprint density at radius 2 is 1.84 bits per heavy atom. The number of amides is 1. The Morgan fingerprint density at radius 3 is 2.42 bits per heavy atom. The Bertz CT molecular complexity index is 349. The number of hydrogen-bond acceptors (Lipinski definition) is 3. The fourth-order valence-electron chi connectivity index (χ4n) is 3.48. The first-order valence-corrected chi connectivity index (χ1v) is 7.18. The molecule has 5 heteroatoms. The highest BCUT2D eigenvalue weighted by Gasteiger charge is 2.39. The van der Waals surface area contributed by atoms with Gasteiger partial charge < -0.3 is 15.1 Å². The molecule has 1 amide bonds. The van der Waals surface area contributed by atoms with Crippen molar-refractivity contribution < 1.29 is 19.8 Å². The number of aliphatic hydroxyl groups is 1. The molecule has 0 radical (unpaired) electrons. The molecule has 1 aliphatic heterocycles. The van der Waals surface area contributed by atoms with Crippen molar-refractivity contribution in [2.45, 2.75) is 57.5 Å². The Balaban J connectivity index is 1.96. The van der Waals surface area contributed by atoms with Gasteiger partial charge in [-0.25, -0.2) is 0 Å². The number of likely N-dealkylation sites (tertiary alicyclic amines) is 1. The van der Waals surface area contributed by atoms with Crippen LogP contribution in [0.4, 0.5) is 0 Å². The van der Waals surface area contributed by atoms with E-state index in [9.17, 15) is 14.7 Å².